The monoisotopic (exact) mass is 348 g/mol. The number of aryl methyl sites for hydroxylation is 1. The summed E-state index contributed by atoms with van der Waals surface area (Å²) in [5.41, 5.74) is 3.82. The largest absolute Gasteiger partial charge is 0.326 e. The van der Waals surface area contributed by atoms with Crippen LogP contribution < -0.4 is 5.32 Å². The zero-order valence-corrected chi connectivity index (χ0v) is 14.2. The number of benzene rings is 1. The fourth-order valence-corrected chi connectivity index (χ4v) is 3.32. The molecule has 0 aliphatic carbocycles. The average molecular weight is 348 g/mol. The highest BCUT2D eigenvalue weighted by Crippen LogP contribution is 2.23. The number of nitrogens with one attached hydrogen (secondary N) is 1. The van der Waals surface area contributed by atoms with E-state index >= 15 is 0 Å². The van der Waals surface area contributed by atoms with E-state index in [4.69, 9.17) is 0 Å². The standard InChI is InChI=1S/C19H16N4OS/c24-18(8-3-14-2-1-9-20-12-14)21-16-6-4-15(5-7-16)17-13-23-10-11-25-19(23)22-17/h1-2,4-7,9-13H,3,8H2,(H,21,24). The molecule has 1 N–H and O–H groups in total. The van der Waals surface area contributed by atoms with Crippen LogP contribution in [0.4, 0.5) is 5.69 Å². The molecule has 6 heteroatoms. The van der Waals surface area contributed by atoms with Crippen LogP contribution >= 0.6 is 11.3 Å². The third-order valence-corrected chi connectivity index (χ3v) is 4.69. The Kier molecular flexibility index (Phi) is 4.26. The van der Waals surface area contributed by atoms with E-state index in [1.165, 1.54) is 0 Å². The van der Waals surface area contributed by atoms with Crippen molar-refractivity contribution < 1.29 is 4.79 Å². The van der Waals surface area contributed by atoms with Crippen molar-refractivity contribution >= 4 is 27.9 Å². The van der Waals surface area contributed by atoms with Crippen molar-refractivity contribution in [2.24, 2.45) is 0 Å². The number of pyridine rings is 1. The molecule has 3 heterocycles. The van der Waals surface area contributed by atoms with Gasteiger partial charge in [0.15, 0.2) is 4.96 Å². The quantitative estimate of drug-likeness (QED) is 0.592. The molecule has 0 saturated carbocycles. The summed E-state index contributed by atoms with van der Waals surface area (Å²) >= 11 is 1.61. The fourth-order valence-electron chi connectivity index (χ4n) is 2.62. The van der Waals surface area contributed by atoms with E-state index in [0.29, 0.717) is 12.8 Å². The highest BCUT2D eigenvalue weighted by Gasteiger charge is 2.07. The van der Waals surface area contributed by atoms with Crippen molar-refractivity contribution in [3.63, 3.8) is 0 Å². The minimum Gasteiger partial charge on any atom is -0.326 e. The summed E-state index contributed by atoms with van der Waals surface area (Å²) in [4.78, 5) is 21.7. The first kappa shape index (κ1) is 15.5. The SMILES string of the molecule is O=C(CCc1cccnc1)Nc1ccc(-c2cn3ccsc3n2)cc1. The van der Waals surface area contributed by atoms with Crippen molar-refractivity contribution in [3.05, 3.63) is 72.1 Å². The van der Waals surface area contributed by atoms with Gasteiger partial charge in [0.05, 0.1) is 5.69 Å². The normalized spacial score (nSPS) is 10.9. The zero-order valence-electron chi connectivity index (χ0n) is 13.4. The number of carbonyl (C=O) groups is 1. The van der Waals surface area contributed by atoms with Crippen LogP contribution in [0.3, 0.4) is 0 Å². The molecule has 0 bridgehead atoms. The Labute approximate surface area is 149 Å². The first-order chi connectivity index (χ1) is 12.3. The fraction of sp³-hybridized carbons (Fsp3) is 0.105. The lowest BCUT2D eigenvalue weighted by molar-refractivity contribution is -0.116. The van der Waals surface area contributed by atoms with Gasteiger partial charge in [-0.25, -0.2) is 4.98 Å². The van der Waals surface area contributed by atoms with Crippen LogP contribution in [0.5, 0.6) is 0 Å². The maximum atomic E-state index is 12.1. The first-order valence-electron chi connectivity index (χ1n) is 7.99. The number of fused-ring (bicyclic) bond motifs is 1. The number of aromatic nitrogens is 3. The third-order valence-electron chi connectivity index (χ3n) is 3.92. The van der Waals surface area contributed by atoms with Gasteiger partial charge in [0, 0.05) is 47.8 Å². The number of rotatable bonds is 5. The summed E-state index contributed by atoms with van der Waals surface area (Å²) in [5, 5.41) is 4.94. The molecular formula is C19H16N4OS. The summed E-state index contributed by atoms with van der Waals surface area (Å²) < 4.78 is 2.01. The van der Waals surface area contributed by atoms with E-state index < -0.39 is 0 Å². The van der Waals surface area contributed by atoms with Gasteiger partial charge in [0.2, 0.25) is 5.91 Å². The van der Waals surface area contributed by atoms with E-state index in [9.17, 15) is 4.79 Å². The summed E-state index contributed by atoms with van der Waals surface area (Å²) in [6, 6.07) is 11.6. The summed E-state index contributed by atoms with van der Waals surface area (Å²) in [6.07, 6.45) is 8.64. The number of carbonyl (C=O) groups excluding carboxylic acids is 1. The maximum Gasteiger partial charge on any atom is 0.224 e. The molecular weight excluding hydrogens is 332 g/mol. The van der Waals surface area contributed by atoms with E-state index in [1.54, 1.807) is 23.7 Å². The van der Waals surface area contributed by atoms with E-state index in [1.807, 2.05) is 58.6 Å². The summed E-state index contributed by atoms with van der Waals surface area (Å²) in [6.45, 7) is 0. The number of hydrogen-bond acceptors (Lipinski definition) is 4. The molecule has 5 nitrogen and oxygen atoms in total. The number of amides is 1. The molecule has 0 radical (unpaired) electrons. The second-order valence-corrected chi connectivity index (χ2v) is 6.58. The number of imidazole rings is 1. The molecule has 4 aromatic rings. The van der Waals surface area contributed by atoms with Crippen molar-refractivity contribution in [2.75, 3.05) is 5.32 Å². The Morgan fingerprint density at radius 3 is 2.84 bits per heavy atom. The van der Waals surface area contributed by atoms with E-state index in [-0.39, 0.29) is 5.91 Å². The lowest BCUT2D eigenvalue weighted by atomic mass is 10.1. The number of hydrogen-bond donors (Lipinski definition) is 1. The van der Waals surface area contributed by atoms with Gasteiger partial charge in [0.25, 0.3) is 0 Å². The topological polar surface area (TPSA) is 59.3 Å². The second kappa shape index (κ2) is 6.86. The molecule has 124 valence electrons. The maximum absolute atomic E-state index is 12.1. The second-order valence-electron chi connectivity index (χ2n) is 5.71. The van der Waals surface area contributed by atoms with Crippen molar-refractivity contribution in [3.8, 4) is 11.3 Å². The molecule has 0 aliphatic rings. The van der Waals surface area contributed by atoms with Crippen LogP contribution in [0.2, 0.25) is 0 Å². The van der Waals surface area contributed by atoms with Crippen LogP contribution in [0.1, 0.15) is 12.0 Å². The van der Waals surface area contributed by atoms with Gasteiger partial charge in [-0.15, -0.1) is 11.3 Å². The Morgan fingerprint density at radius 2 is 2.08 bits per heavy atom. The third kappa shape index (κ3) is 3.59. The molecule has 3 aromatic heterocycles. The molecule has 0 spiro atoms. The van der Waals surface area contributed by atoms with Crippen LogP contribution in [0.15, 0.2) is 66.6 Å². The Balaban J connectivity index is 1.38. The number of nitrogens with zero attached hydrogens (tertiary/aromatic N) is 3. The van der Waals surface area contributed by atoms with Gasteiger partial charge in [-0.2, -0.15) is 0 Å². The first-order valence-corrected chi connectivity index (χ1v) is 8.87. The van der Waals surface area contributed by atoms with Gasteiger partial charge in [-0.05, 0) is 30.2 Å². The molecule has 4 rings (SSSR count). The summed E-state index contributed by atoms with van der Waals surface area (Å²) in [5.74, 6) is -0.000826. The minimum absolute atomic E-state index is 0.000826. The molecule has 0 saturated heterocycles. The number of anilines is 1. The smallest absolute Gasteiger partial charge is 0.224 e. The highest BCUT2D eigenvalue weighted by atomic mass is 32.1. The minimum atomic E-state index is -0.000826. The van der Waals surface area contributed by atoms with Crippen molar-refractivity contribution in [2.45, 2.75) is 12.8 Å². The molecule has 0 aliphatic heterocycles. The number of thiazole rings is 1. The average Bonchev–Trinajstić information content (AvgIpc) is 3.24. The lowest BCUT2D eigenvalue weighted by Crippen LogP contribution is -2.12. The van der Waals surface area contributed by atoms with Gasteiger partial charge < -0.3 is 5.32 Å². The Bertz CT molecular complexity index is 961. The summed E-state index contributed by atoms with van der Waals surface area (Å²) in [7, 11) is 0. The van der Waals surface area contributed by atoms with E-state index in [0.717, 1.165) is 27.5 Å². The van der Waals surface area contributed by atoms with Gasteiger partial charge in [-0.3, -0.25) is 14.2 Å². The van der Waals surface area contributed by atoms with Crippen molar-refractivity contribution in [1.82, 2.24) is 14.4 Å². The van der Waals surface area contributed by atoms with Gasteiger partial charge in [-0.1, -0.05) is 18.2 Å². The molecule has 1 amide bonds. The van der Waals surface area contributed by atoms with Gasteiger partial charge >= 0.3 is 0 Å². The molecule has 0 fully saturated rings. The Morgan fingerprint density at radius 1 is 1.20 bits per heavy atom. The van der Waals surface area contributed by atoms with Crippen molar-refractivity contribution in [1.29, 1.82) is 0 Å². The van der Waals surface area contributed by atoms with Crippen LogP contribution in [0, 0.1) is 0 Å². The predicted molar refractivity (Wildman–Crippen MR) is 99.7 cm³/mol. The lowest BCUT2D eigenvalue weighted by Gasteiger charge is -2.06. The zero-order chi connectivity index (χ0) is 17.1. The van der Waals surface area contributed by atoms with Gasteiger partial charge in [0.1, 0.15) is 0 Å². The molecule has 0 atom stereocenters. The molecule has 1 aromatic carbocycles. The van der Waals surface area contributed by atoms with Crippen LogP contribution in [-0.2, 0) is 11.2 Å². The molecule has 0 unspecified atom stereocenters. The predicted octanol–water partition coefficient (Wildman–Crippen LogP) is 4.03. The van der Waals surface area contributed by atoms with Crippen LogP contribution in [-0.4, -0.2) is 20.3 Å². The molecule has 25 heavy (non-hydrogen) atoms. The highest BCUT2D eigenvalue weighted by molar-refractivity contribution is 7.15. The Hall–Kier alpha value is -2.99. The van der Waals surface area contributed by atoms with Crippen LogP contribution in [0.25, 0.3) is 16.2 Å². The van der Waals surface area contributed by atoms with E-state index in [2.05, 4.69) is 15.3 Å².